The highest BCUT2D eigenvalue weighted by atomic mass is 35.5. The van der Waals surface area contributed by atoms with E-state index >= 15 is 0 Å². The van der Waals surface area contributed by atoms with Crippen molar-refractivity contribution in [1.29, 1.82) is 0 Å². The normalized spacial score (nSPS) is 19.0. The number of hydrogen-bond donors (Lipinski definition) is 0. The van der Waals surface area contributed by atoms with Gasteiger partial charge in [0.05, 0.1) is 5.50 Å². The first-order valence-corrected chi connectivity index (χ1v) is 9.18. The zero-order valence-corrected chi connectivity index (χ0v) is 16.3. The zero-order chi connectivity index (χ0) is 16.4. The molecule has 0 aromatic rings. The second kappa shape index (κ2) is 12.0. The van der Waals surface area contributed by atoms with Gasteiger partial charge in [0.2, 0.25) is 0 Å². The highest BCUT2D eigenvalue weighted by molar-refractivity contribution is 6.20. The summed E-state index contributed by atoms with van der Waals surface area (Å²) >= 11 is 11.7. The fourth-order valence-electron chi connectivity index (χ4n) is 2.57. The Kier molecular flexibility index (Phi) is 12.2. The molecule has 1 saturated heterocycles. The largest absolute Gasteiger partial charge is 0.304 e. The van der Waals surface area contributed by atoms with Crippen molar-refractivity contribution in [2.45, 2.75) is 58.6 Å². The average Bonchev–Trinajstić information content (AvgIpc) is 2.44. The zero-order valence-electron chi connectivity index (χ0n) is 14.8. The van der Waals surface area contributed by atoms with Crippen molar-refractivity contribution in [2.24, 2.45) is 0 Å². The molecule has 128 valence electrons. The topological polar surface area (TPSA) is 9.72 Å². The standard InChI is InChI=1S/C8H17ClN2.C8H18ClN/c1-3-8(9)11-6-4-10(2)5-7-11;1-7(2)10(6-5-9)8(3)4/h8H,3-7H2,1-2H3;7-8H,5-6H2,1-4H3. The summed E-state index contributed by atoms with van der Waals surface area (Å²) in [4.78, 5) is 7.07. The van der Waals surface area contributed by atoms with Gasteiger partial charge in [-0.15, -0.1) is 23.2 Å². The first kappa shape index (κ1) is 21.5. The molecule has 0 aromatic heterocycles. The summed E-state index contributed by atoms with van der Waals surface area (Å²) < 4.78 is 0. The molecule has 0 aliphatic carbocycles. The second-order valence-electron chi connectivity index (χ2n) is 6.30. The predicted molar refractivity (Wildman–Crippen MR) is 96.7 cm³/mol. The van der Waals surface area contributed by atoms with E-state index in [2.05, 4.69) is 56.4 Å². The van der Waals surface area contributed by atoms with Gasteiger partial charge in [-0.05, 0) is 41.2 Å². The third-order valence-electron chi connectivity index (χ3n) is 3.94. The Morgan fingerprint density at radius 2 is 1.48 bits per heavy atom. The Labute approximate surface area is 142 Å². The van der Waals surface area contributed by atoms with Crippen LogP contribution in [0, 0.1) is 0 Å². The van der Waals surface area contributed by atoms with E-state index in [1.54, 1.807) is 0 Å². The van der Waals surface area contributed by atoms with Crippen LogP contribution in [-0.4, -0.2) is 77.9 Å². The molecular weight excluding hydrogens is 305 g/mol. The van der Waals surface area contributed by atoms with Crippen LogP contribution in [0.15, 0.2) is 0 Å². The van der Waals surface area contributed by atoms with Gasteiger partial charge in [0.15, 0.2) is 0 Å². The van der Waals surface area contributed by atoms with Crippen molar-refractivity contribution in [3.05, 3.63) is 0 Å². The number of alkyl halides is 2. The van der Waals surface area contributed by atoms with Crippen LogP contribution in [-0.2, 0) is 0 Å². The van der Waals surface area contributed by atoms with Crippen molar-refractivity contribution < 1.29 is 0 Å². The molecule has 0 radical (unpaired) electrons. The van der Waals surface area contributed by atoms with Crippen LogP contribution in [0.2, 0.25) is 0 Å². The van der Waals surface area contributed by atoms with Crippen LogP contribution in [0.25, 0.3) is 0 Å². The molecule has 0 amide bonds. The van der Waals surface area contributed by atoms with Crippen molar-refractivity contribution >= 4 is 23.2 Å². The summed E-state index contributed by atoms with van der Waals surface area (Å²) in [6, 6.07) is 1.22. The smallest absolute Gasteiger partial charge is 0.0848 e. The molecule has 21 heavy (non-hydrogen) atoms. The molecule has 1 aliphatic heterocycles. The van der Waals surface area contributed by atoms with Crippen LogP contribution in [0.5, 0.6) is 0 Å². The minimum absolute atomic E-state index is 0.253. The number of hydrogen-bond acceptors (Lipinski definition) is 3. The molecule has 1 fully saturated rings. The van der Waals surface area contributed by atoms with Crippen LogP contribution >= 0.6 is 23.2 Å². The molecule has 3 nitrogen and oxygen atoms in total. The van der Waals surface area contributed by atoms with Gasteiger partial charge in [0, 0.05) is 50.7 Å². The predicted octanol–water partition coefficient (Wildman–Crippen LogP) is 3.55. The molecule has 0 spiro atoms. The fraction of sp³-hybridized carbons (Fsp3) is 1.00. The Morgan fingerprint density at radius 3 is 1.76 bits per heavy atom. The molecule has 0 aromatic carbocycles. The first-order valence-electron chi connectivity index (χ1n) is 8.21. The second-order valence-corrected chi connectivity index (χ2v) is 7.18. The number of likely N-dealkylation sites (N-methyl/N-ethyl adjacent to an activating group) is 1. The van der Waals surface area contributed by atoms with Gasteiger partial charge in [0.1, 0.15) is 0 Å². The Hall–Kier alpha value is 0.460. The molecule has 0 N–H and O–H groups in total. The monoisotopic (exact) mass is 339 g/mol. The Bertz CT molecular complexity index is 234. The summed E-state index contributed by atoms with van der Waals surface area (Å²) in [5.41, 5.74) is 0.253. The van der Waals surface area contributed by atoms with Crippen LogP contribution < -0.4 is 0 Å². The number of nitrogens with zero attached hydrogens (tertiary/aromatic N) is 3. The van der Waals surface area contributed by atoms with Crippen molar-refractivity contribution in [3.63, 3.8) is 0 Å². The number of piperazine rings is 1. The van der Waals surface area contributed by atoms with E-state index in [0.717, 1.165) is 45.0 Å². The lowest BCUT2D eigenvalue weighted by Gasteiger charge is -2.34. The van der Waals surface area contributed by atoms with Crippen molar-refractivity contribution in [1.82, 2.24) is 14.7 Å². The molecule has 0 bridgehead atoms. The molecule has 0 saturated carbocycles. The molecule has 5 heteroatoms. The van der Waals surface area contributed by atoms with Crippen molar-refractivity contribution in [3.8, 4) is 0 Å². The summed E-state index contributed by atoms with van der Waals surface area (Å²) in [5, 5.41) is 0. The Morgan fingerprint density at radius 1 is 1.00 bits per heavy atom. The molecule has 1 atom stereocenters. The molecular formula is C16H35Cl2N3. The van der Waals surface area contributed by atoms with E-state index in [9.17, 15) is 0 Å². The van der Waals surface area contributed by atoms with Crippen LogP contribution in [0.4, 0.5) is 0 Å². The summed E-state index contributed by atoms with van der Waals surface area (Å²) in [6.07, 6.45) is 1.05. The third kappa shape index (κ3) is 9.25. The van der Waals surface area contributed by atoms with Gasteiger partial charge < -0.3 is 4.90 Å². The first-order chi connectivity index (χ1) is 9.83. The fourth-order valence-corrected chi connectivity index (χ4v) is 2.96. The summed E-state index contributed by atoms with van der Waals surface area (Å²) in [6.45, 7) is 16.5. The third-order valence-corrected chi connectivity index (χ3v) is 4.69. The van der Waals surface area contributed by atoms with E-state index in [0.29, 0.717) is 12.1 Å². The maximum Gasteiger partial charge on any atom is 0.0848 e. The van der Waals surface area contributed by atoms with Gasteiger partial charge in [-0.1, -0.05) is 6.92 Å². The van der Waals surface area contributed by atoms with E-state index < -0.39 is 0 Å². The maximum atomic E-state index is 6.10. The quantitative estimate of drug-likeness (QED) is 0.541. The van der Waals surface area contributed by atoms with Gasteiger partial charge in [0.25, 0.3) is 0 Å². The van der Waals surface area contributed by atoms with E-state index in [1.807, 2.05) is 0 Å². The summed E-state index contributed by atoms with van der Waals surface area (Å²) in [7, 11) is 2.16. The number of halogens is 2. The van der Waals surface area contributed by atoms with Crippen molar-refractivity contribution in [2.75, 3.05) is 45.7 Å². The van der Waals surface area contributed by atoms with E-state index in [-0.39, 0.29) is 5.50 Å². The van der Waals surface area contributed by atoms with Gasteiger partial charge >= 0.3 is 0 Å². The lowest BCUT2D eigenvalue weighted by atomic mass is 10.2. The minimum Gasteiger partial charge on any atom is -0.304 e. The highest BCUT2D eigenvalue weighted by Gasteiger charge is 2.18. The molecule has 1 heterocycles. The molecule has 1 rings (SSSR count). The van der Waals surface area contributed by atoms with E-state index in [1.165, 1.54) is 0 Å². The van der Waals surface area contributed by atoms with Crippen LogP contribution in [0.3, 0.4) is 0 Å². The highest BCUT2D eigenvalue weighted by Crippen LogP contribution is 2.11. The van der Waals surface area contributed by atoms with Gasteiger partial charge in [-0.2, -0.15) is 0 Å². The molecule has 1 aliphatic rings. The molecule has 1 unspecified atom stereocenters. The lowest BCUT2D eigenvalue weighted by Crippen LogP contribution is -2.47. The summed E-state index contributed by atoms with van der Waals surface area (Å²) in [5.74, 6) is 0.732. The average molecular weight is 340 g/mol. The Balaban J connectivity index is 0.000000384. The van der Waals surface area contributed by atoms with Gasteiger partial charge in [-0.3, -0.25) is 9.80 Å². The van der Waals surface area contributed by atoms with Crippen LogP contribution in [0.1, 0.15) is 41.0 Å². The van der Waals surface area contributed by atoms with Gasteiger partial charge in [-0.25, -0.2) is 0 Å². The lowest BCUT2D eigenvalue weighted by molar-refractivity contribution is 0.140. The SMILES string of the molecule is CC(C)N(CCCl)C(C)C.CCC(Cl)N1CCN(C)CC1. The number of rotatable bonds is 6. The minimum atomic E-state index is 0.253. The van der Waals surface area contributed by atoms with E-state index in [4.69, 9.17) is 23.2 Å². The maximum absolute atomic E-state index is 6.10.